The van der Waals surface area contributed by atoms with Crippen LogP contribution in [-0.4, -0.2) is 65.9 Å². The number of nitrogens with zero attached hydrogens (tertiary/aromatic N) is 2. The molecular formula is C24H35F2N3O6. The lowest BCUT2D eigenvalue weighted by atomic mass is 9.81. The van der Waals surface area contributed by atoms with Gasteiger partial charge in [-0.3, -0.25) is 4.79 Å². The maximum Gasteiger partial charge on any atom is 0.251 e. The number of ether oxygens (including phenoxy) is 1. The van der Waals surface area contributed by atoms with Gasteiger partial charge in [-0.2, -0.15) is 9.90 Å². The first-order chi connectivity index (χ1) is 16.7. The number of amides is 1. The fourth-order valence-electron chi connectivity index (χ4n) is 4.64. The van der Waals surface area contributed by atoms with Gasteiger partial charge in [0.15, 0.2) is 0 Å². The van der Waals surface area contributed by atoms with Crippen LogP contribution in [0.5, 0.6) is 5.75 Å². The molecule has 2 atom stereocenters. The summed E-state index contributed by atoms with van der Waals surface area (Å²) in [4.78, 5) is 28.0. The normalized spacial score (nSPS) is 24.8. The number of carbonyl (C=O) groups excluding carboxylic acids is 1. The molecule has 0 aromatic heterocycles. The zero-order valence-corrected chi connectivity index (χ0v) is 20.3. The predicted molar refractivity (Wildman–Crippen MR) is 121 cm³/mol. The third kappa shape index (κ3) is 6.87. The number of rotatable bonds is 10. The van der Waals surface area contributed by atoms with Crippen molar-refractivity contribution in [2.75, 3.05) is 26.3 Å². The summed E-state index contributed by atoms with van der Waals surface area (Å²) < 4.78 is 32.0. The quantitative estimate of drug-likeness (QED) is 0.374. The van der Waals surface area contributed by atoms with Gasteiger partial charge in [0.05, 0.1) is 13.2 Å². The Morgan fingerprint density at radius 1 is 1.31 bits per heavy atom. The first-order valence-corrected chi connectivity index (χ1v) is 12.3. The Morgan fingerprint density at radius 2 is 2.06 bits per heavy atom. The highest BCUT2D eigenvalue weighted by Crippen LogP contribution is 2.46. The molecule has 3 aliphatic rings. The zero-order valence-electron chi connectivity index (χ0n) is 20.3. The second-order valence-electron chi connectivity index (χ2n) is 9.83. The predicted octanol–water partition coefficient (Wildman–Crippen LogP) is 3.37. The average molecular weight is 500 g/mol. The van der Waals surface area contributed by atoms with Gasteiger partial charge in [0, 0.05) is 48.8 Å². The van der Waals surface area contributed by atoms with Gasteiger partial charge in [0.25, 0.3) is 5.91 Å². The molecule has 1 aromatic carbocycles. The third-order valence-corrected chi connectivity index (χ3v) is 6.84. The molecular weight excluding hydrogens is 464 g/mol. The van der Waals surface area contributed by atoms with Crippen LogP contribution in [-0.2, 0) is 14.7 Å². The number of aliphatic hydroxyl groups excluding tert-OH is 1. The number of hydrogen-bond acceptors (Lipinski definition) is 8. The molecule has 35 heavy (non-hydrogen) atoms. The van der Waals surface area contributed by atoms with Crippen LogP contribution in [0.2, 0.25) is 0 Å². The molecule has 1 amide bonds. The summed E-state index contributed by atoms with van der Waals surface area (Å²) in [5, 5.41) is 14.9. The number of benzene rings is 1. The Morgan fingerprint density at radius 3 is 2.71 bits per heavy atom. The number of carbonyl (C=O) groups is 1. The first kappa shape index (κ1) is 26.2. The van der Waals surface area contributed by atoms with Gasteiger partial charge < -0.3 is 15.2 Å². The lowest BCUT2D eigenvalue weighted by Crippen LogP contribution is -2.46. The molecule has 4 rings (SSSR count). The molecule has 2 aliphatic heterocycles. The van der Waals surface area contributed by atoms with E-state index < -0.39 is 12.2 Å². The molecule has 2 unspecified atom stereocenters. The molecule has 1 aliphatic carbocycles. The fourth-order valence-corrected chi connectivity index (χ4v) is 4.64. The van der Waals surface area contributed by atoms with Crippen LogP contribution in [0.3, 0.4) is 0 Å². The van der Waals surface area contributed by atoms with Gasteiger partial charge in [-0.25, -0.2) is 13.6 Å². The topological polar surface area (TPSA) is 92.7 Å². The second kappa shape index (κ2) is 11.4. The van der Waals surface area contributed by atoms with Gasteiger partial charge in [0.2, 0.25) is 12.2 Å². The first-order valence-electron chi connectivity index (χ1n) is 12.3. The third-order valence-electron chi connectivity index (χ3n) is 6.84. The number of aliphatic hydroxyl groups is 1. The van der Waals surface area contributed by atoms with Gasteiger partial charge in [0.1, 0.15) is 5.75 Å². The van der Waals surface area contributed by atoms with Crippen molar-refractivity contribution in [2.45, 2.75) is 70.6 Å². The largest absolute Gasteiger partial charge is 0.494 e. The van der Waals surface area contributed by atoms with Crippen LogP contribution in [0.4, 0.5) is 8.78 Å². The van der Waals surface area contributed by atoms with Gasteiger partial charge in [-0.15, -0.1) is 0 Å². The SMILES string of the molecule is Cc1cc(OCCCC2CCN(N3OOC(C4CC(F)(F)C4)O3)CC2)ccc1C(=O)NC(C)CO. The molecule has 2 heterocycles. The summed E-state index contributed by atoms with van der Waals surface area (Å²) in [6.07, 6.45) is 2.63. The van der Waals surface area contributed by atoms with Crippen LogP contribution >= 0.6 is 0 Å². The number of aryl methyl sites for hydroxylation is 1. The van der Waals surface area contributed by atoms with E-state index in [9.17, 15) is 13.6 Å². The van der Waals surface area contributed by atoms with Crippen LogP contribution in [0, 0.1) is 18.8 Å². The lowest BCUT2D eigenvalue weighted by molar-refractivity contribution is -0.487. The summed E-state index contributed by atoms with van der Waals surface area (Å²) >= 11 is 0. The van der Waals surface area contributed by atoms with Crippen molar-refractivity contribution in [3.05, 3.63) is 29.3 Å². The number of halogens is 2. The van der Waals surface area contributed by atoms with Crippen molar-refractivity contribution in [1.29, 1.82) is 0 Å². The molecule has 2 N–H and O–H groups in total. The highest BCUT2D eigenvalue weighted by molar-refractivity contribution is 5.95. The molecule has 0 spiro atoms. The highest BCUT2D eigenvalue weighted by atomic mass is 19.3. The zero-order chi connectivity index (χ0) is 25.0. The Labute approximate surface area is 204 Å². The molecule has 196 valence electrons. The van der Waals surface area contributed by atoms with E-state index in [2.05, 4.69) is 5.32 Å². The minimum Gasteiger partial charge on any atom is -0.494 e. The van der Waals surface area contributed by atoms with Gasteiger partial charge >= 0.3 is 0 Å². The Kier molecular flexibility index (Phi) is 8.56. The standard InChI is InChI=1S/C24H35F2N3O6/c1-16-12-20(5-6-21(16)22(31)27-17(2)15-30)32-11-3-4-18-7-9-28(10-8-18)29-33-23(34-35-29)19-13-24(25,26)14-19/h5-6,12,17-19,23,30H,3-4,7-11,13-15H2,1-2H3,(H,27,31). The lowest BCUT2D eigenvalue weighted by Gasteiger charge is -2.37. The van der Waals surface area contributed by atoms with Crippen LogP contribution < -0.4 is 10.1 Å². The van der Waals surface area contributed by atoms with Crippen molar-refractivity contribution in [2.24, 2.45) is 11.8 Å². The van der Waals surface area contributed by atoms with Gasteiger partial charge in [-0.05, 0) is 69.2 Å². The summed E-state index contributed by atoms with van der Waals surface area (Å²) in [5.74, 6) is -1.89. The summed E-state index contributed by atoms with van der Waals surface area (Å²) in [5.41, 5.74) is 1.39. The molecule has 1 saturated carbocycles. The van der Waals surface area contributed by atoms with E-state index in [4.69, 9.17) is 24.6 Å². The second-order valence-corrected chi connectivity index (χ2v) is 9.83. The molecule has 0 radical (unpaired) electrons. The minimum absolute atomic E-state index is 0.107. The van der Waals surface area contributed by atoms with Gasteiger partial charge in [-0.1, -0.05) is 4.99 Å². The number of nitrogens with one attached hydrogen (secondary N) is 1. The fraction of sp³-hybridized carbons (Fsp3) is 0.708. The molecule has 3 fully saturated rings. The van der Waals surface area contributed by atoms with Crippen molar-refractivity contribution < 1.29 is 38.1 Å². The smallest absolute Gasteiger partial charge is 0.251 e. The van der Waals surface area contributed by atoms with Crippen molar-refractivity contribution in [3.63, 3.8) is 0 Å². The van der Waals surface area contributed by atoms with Crippen LogP contribution in [0.25, 0.3) is 0 Å². The van der Waals surface area contributed by atoms with E-state index in [1.165, 1.54) is 5.34 Å². The van der Waals surface area contributed by atoms with E-state index in [0.29, 0.717) is 18.1 Å². The summed E-state index contributed by atoms with van der Waals surface area (Å²) in [6, 6.07) is 5.09. The van der Waals surface area contributed by atoms with E-state index >= 15 is 0 Å². The van der Waals surface area contributed by atoms with E-state index in [1.807, 2.05) is 18.0 Å². The monoisotopic (exact) mass is 499 g/mol. The highest BCUT2D eigenvalue weighted by Gasteiger charge is 2.53. The Bertz CT molecular complexity index is 860. The summed E-state index contributed by atoms with van der Waals surface area (Å²) in [7, 11) is 0. The van der Waals surface area contributed by atoms with E-state index in [1.54, 1.807) is 19.1 Å². The minimum atomic E-state index is -2.62. The van der Waals surface area contributed by atoms with E-state index in [0.717, 1.165) is 50.1 Å². The number of hydrazine groups is 1. The molecule has 0 bridgehead atoms. The molecule has 2 saturated heterocycles. The number of hydrogen-bond donors (Lipinski definition) is 2. The Hall–Kier alpha value is -1.89. The molecule has 9 nitrogen and oxygen atoms in total. The van der Waals surface area contributed by atoms with E-state index in [-0.39, 0.29) is 37.3 Å². The summed E-state index contributed by atoms with van der Waals surface area (Å²) in [6.45, 7) is 5.56. The van der Waals surface area contributed by atoms with Crippen molar-refractivity contribution in [3.8, 4) is 5.75 Å². The van der Waals surface area contributed by atoms with Crippen molar-refractivity contribution in [1.82, 2.24) is 15.7 Å². The Balaban J connectivity index is 1.11. The maximum absolute atomic E-state index is 13.1. The molecule has 1 aromatic rings. The number of alkyl halides is 2. The van der Waals surface area contributed by atoms with Crippen LogP contribution in [0.1, 0.15) is 61.4 Å². The number of piperidine rings is 1. The van der Waals surface area contributed by atoms with Crippen LogP contribution in [0.15, 0.2) is 18.2 Å². The average Bonchev–Trinajstić information content (AvgIpc) is 3.30. The van der Waals surface area contributed by atoms with Crippen molar-refractivity contribution >= 4 is 5.91 Å². The molecule has 11 heteroatoms. The maximum atomic E-state index is 13.1.